The van der Waals surface area contributed by atoms with Gasteiger partial charge in [-0.05, 0) is 56.3 Å². The van der Waals surface area contributed by atoms with E-state index in [1.807, 2.05) is 0 Å². The molecule has 0 unspecified atom stereocenters. The molecule has 33 heavy (non-hydrogen) atoms. The van der Waals surface area contributed by atoms with E-state index in [0.717, 1.165) is 24.3 Å². The smallest absolute Gasteiger partial charge is 0.416 e. The van der Waals surface area contributed by atoms with Gasteiger partial charge in [-0.3, -0.25) is 9.59 Å². The van der Waals surface area contributed by atoms with Crippen LogP contribution in [0, 0.1) is 0 Å². The first-order valence-corrected chi connectivity index (χ1v) is 10.0. The zero-order valence-electron chi connectivity index (χ0n) is 17.8. The SMILES string of the molecule is CCOC(=O)[C@H](C)Oc1cccc2c(=O)n(CC(=O)Nc3ccc(C(F)(F)F)cc3)ccc12. The Bertz CT molecular complexity index is 1220. The van der Waals surface area contributed by atoms with Gasteiger partial charge in [-0.1, -0.05) is 6.07 Å². The highest BCUT2D eigenvalue weighted by molar-refractivity contribution is 5.91. The zero-order valence-corrected chi connectivity index (χ0v) is 17.8. The summed E-state index contributed by atoms with van der Waals surface area (Å²) in [4.78, 5) is 37.0. The highest BCUT2D eigenvalue weighted by Crippen LogP contribution is 2.30. The highest BCUT2D eigenvalue weighted by atomic mass is 19.4. The zero-order chi connectivity index (χ0) is 24.2. The number of carbonyl (C=O) groups is 2. The lowest BCUT2D eigenvalue weighted by Crippen LogP contribution is -2.28. The van der Waals surface area contributed by atoms with E-state index in [4.69, 9.17) is 9.47 Å². The normalized spacial score (nSPS) is 12.3. The van der Waals surface area contributed by atoms with Crippen LogP contribution in [0.4, 0.5) is 18.9 Å². The Morgan fingerprint density at radius 3 is 2.39 bits per heavy atom. The van der Waals surface area contributed by atoms with E-state index in [1.165, 1.54) is 17.7 Å². The predicted molar refractivity (Wildman–Crippen MR) is 115 cm³/mol. The van der Waals surface area contributed by atoms with E-state index in [9.17, 15) is 27.6 Å². The molecule has 1 amide bonds. The largest absolute Gasteiger partial charge is 0.478 e. The number of hydrogen-bond donors (Lipinski definition) is 1. The van der Waals surface area contributed by atoms with Gasteiger partial charge in [0.25, 0.3) is 5.56 Å². The molecule has 10 heteroatoms. The van der Waals surface area contributed by atoms with Crippen LogP contribution in [-0.2, 0) is 27.0 Å². The fourth-order valence-electron chi connectivity index (χ4n) is 3.11. The Morgan fingerprint density at radius 1 is 1.06 bits per heavy atom. The lowest BCUT2D eigenvalue weighted by Gasteiger charge is -2.15. The third kappa shape index (κ3) is 5.71. The molecule has 0 spiro atoms. The Labute approximate surface area is 186 Å². The number of fused-ring (bicyclic) bond motifs is 1. The average Bonchev–Trinajstić information content (AvgIpc) is 2.76. The van der Waals surface area contributed by atoms with E-state index in [1.54, 1.807) is 31.2 Å². The first-order valence-electron chi connectivity index (χ1n) is 10.0. The van der Waals surface area contributed by atoms with Gasteiger partial charge in [0, 0.05) is 17.3 Å². The highest BCUT2D eigenvalue weighted by Gasteiger charge is 2.30. The Morgan fingerprint density at radius 2 is 1.76 bits per heavy atom. The van der Waals surface area contributed by atoms with Crippen molar-refractivity contribution < 1.29 is 32.2 Å². The van der Waals surface area contributed by atoms with Gasteiger partial charge in [0.15, 0.2) is 6.10 Å². The Kier molecular flexibility index (Phi) is 7.05. The number of halogens is 3. The number of pyridine rings is 1. The van der Waals surface area contributed by atoms with Crippen LogP contribution in [0.25, 0.3) is 10.8 Å². The van der Waals surface area contributed by atoms with Gasteiger partial charge in [0.05, 0.1) is 17.6 Å². The van der Waals surface area contributed by atoms with Crippen LogP contribution in [-0.4, -0.2) is 29.2 Å². The summed E-state index contributed by atoms with van der Waals surface area (Å²) in [5.74, 6) is -0.811. The number of carbonyl (C=O) groups excluding carboxylic acids is 2. The number of benzene rings is 2. The molecule has 1 atom stereocenters. The second-order valence-electron chi connectivity index (χ2n) is 7.10. The standard InChI is InChI=1S/C23H21F3N2O5/c1-3-32-22(31)14(2)33-19-6-4-5-18-17(19)11-12-28(21(18)30)13-20(29)27-16-9-7-15(8-10-16)23(24,25)26/h4-12,14H,3,13H2,1-2H3,(H,27,29)/t14-/m0/s1. The molecule has 1 heterocycles. The number of ether oxygens (including phenoxy) is 2. The van der Waals surface area contributed by atoms with Crippen molar-refractivity contribution in [2.24, 2.45) is 0 Å². The predicted octanol–water partition coefficient (Wildman–Crippen LogP) is 3.99. The maximum Gasteiger partial charge on any atom is 0.416 e. The van der Waals surface area contributed by atoms with Crippen LogP contribution in [0.15, 0.2) is 59.5 Å². The Hall–Kier alpha value is -3.82. The minimum atomic E-state index is -4.47. The molecule has 7 nitrogen and oxygen atoms in total. The van der Waals surface area contributed by atoms with Crippen LogP contribution >= 0.6 is 0 Å². The van der Waals surface area contributed by atoms with E-state index in [2.05, 4.69) is 5.32 Å². The molecule has 174 valence electrons. The molecule has 0 aliphatic heterocycles. The topological polar surface area (TPSA) is 86.6 Å². The number of hydrogen-bond acceptors (Lipinski definition) is 5. The van der Waals surface area contributed by atoms with Gasteiger partial charge in [-0.25, -0.2) is 4.79 Å². The summed E-state index contributed by atoms with van der Waals surface area (Å²) in [5, 5.41) is 3.19. The third-order valence-corrected chi connectivity index (χ3v) is 4.71. The van der Waals surface area contributed by atoms with Crippen LogP contribution in [0.3, 0.4) is 0 Å². The number of rotatable bonds is 7. The molecule has 0 bridgehead atoms. The van der Waals surface area contributed by atoms with Crippen molar-refractivity contribution in [2.75, 3.05) is 11.9 Å². The summed E-state index contributed by atoms with van der Waals surface area (Å²) in [7, 11) is 0. The summed E-state index contributed by atoms with van der Waals surface area (Å²) >= 11 is 0. The summed E-state index contributed by atoms with van der Waals surface area (Å²) in [6.45, 7) is 3.07. The van der Waals surface area contributed by atoms with Crippen LogP contribution < -0.4 is 15.6 Å². The van der Waals surface area contributed by atoms with E-state index in [0.29, 0.717) is 11.1 Å². The molecule has 0 saturated carbocycles. The van der Waals surface area contributed by atoms with E-state index in [-0.39, 0.29) is 24.2 Å². The number of esters is 1. The van der Waals surface area contributed by atoms with Gasteiger partial charge in [-0.2, -0.15) is 13.2 Å². The fraction of sp³-hybridized carbons (Fsp3) is 0.261. The fourth-order valence-corrected chi connectivity index (χ4v) is 3.11. The van der Waals surface area contributed by atoms with Gasteiger partial charge < -0.3 is 19.4 Å². The van der Waals surface area contributed by atoms with E-state index >= 15 is 0 Å². The lowest BCUT2D eigenvalue weighted by molar-refractivity contribution is -0.150. The summed E-state index contributed by atoms with van der Waals surface area (Å²) in [5.41, 5.74) is -1.13. The minimum absolute atomic E-state index is 0.172. The maximum absolute atomic E-state index is 12.9. The van der Waals surface area contributed by atoms with Crippen molar-refractivity contribution in [1.82, 2.24) is 4.57 Å². The van der Waals surface area contributed by atoms with Crippen molar-refractivity contribution in [3.63, 3.8) is 0 Å². The van der Waals surface area contributed by atoms with Gasteiger partial charge >= 0.3 is 12.1 Å². The van der Waals surface area contributed by atoms with Crippen LogP contribution in [0.2, 0.25) is 0 Å². The first-order chi connectivity index (χ1) is 15.6. The number of alkyl halides is 3. The Balaban J connectivity index is 1.76. The molecule has 0 aliphatic rings. The molecule has 3 aromatic rings. The van der Waals surface area contributed by atoms with Crippen molar-refractivity contribution in [1.29, 1.82) is 0 Å². The molecular weight excluding hydrogens is 441 g/mol. The molecule has 0 saturated heterocycles. The van der Waals surface area contributed by atoms with Gasteiger partial charge in [0.2, 0.25) is 5.91 Å². The minimum Gasteiger partial charge on any atom is -0.478 e. The monoisotopic (exact) mass is 462 g/mol. The number of anilines is 1. The molecular formula is C23H21F3N2O5. The molecule has 1 aromatic heterocycles. The maximum atomic E-state index is 12.9. The first kappa shape index (κ1) is 23.8. The summed E-state index contributed by atoms with van der Waals surface area (Å²) < 4.78 is 49.7. The molecule has 1 N–H and O–H groups in total. The second-order valence-corrected chi connectivity index (χ2v) is 7.10. The molecule has 0 aliphatic carbocycles. The number of nitrogens with zero attached hydrogens (tertiary/aromatic N) is 1. The van der Waals surface area contributed by atoms with Crippen LogP contribution in [0.1, 0.15) is 19.4 Å². The molecule has 0 fully saturated rings. The van der Waals surface area contributed by atoms with Crippen molar-refractivity contribution >= 4 is 28.3 Å². The molecule has 0 radical (unpaired) electrons. The lowest BCUT2D eigenvalue weighted by atomic mass is 10.1. The van der Waals surface area contributed by atoms with Gasteiger partial charge in [-0.15, -0.1) is 0 Å². The van der Waals surface area contributed by atoms with Crippen molar-refractivity contribution in [3.05, 3.63) is 70.6 Å². The average molecular weight is 462 g/mol. The molecule has 3 rings (SSSR count). The summed E-state index contributed by atoms with van der Waals surface area (Å²) in [6.07, 6.45) is -3.95. The van der Waals surface area contributed by atoms with Crippen LogP contribution in [0.5, 0.6) is 5.75 Å². The van der Waals surface area contributed by atoms with E-state index < -0.39 is 35.3 Å². The van der Waals surface area contributed by atoms with Crippen molar-refractivity contribution in [2.45, 2.75) is 32.7 Å². The second kappa shape index (κ2) is 9.76. The summed E-state index contributed by atoms with van der Waals surface area (Å²) in [6, 6.07) is 10.3. The number of nitrogens with one attached hydrogen (secondary N) is 1. The molecule has 2 aromatic carbocycles. The van der Waals surface area contributed by atoms with Crippen molar-refractivity contribution in [3.8, 4) is 5.75 Å². The number of aromatic nitrogens is 1. The number of amides is 1. The third-order valence-electron chi connectivity index (χ3n) is 4.71. The van der Waals surface area contributed by atoms with Gasteiger partial charge in [0.1, 0.15) is 12.3 Å². The quantitative estimate of drug-likeness (QED) is 0.537.